The topological polar surface area (TPSA) is 49.3 Å². The van der Waals surface area contributed by atoms with E-state index < -0.39 is 5.97 Å². The molecule has 1 atom stereocenters. The van der Waals surface area contributed by atoms with E-state index in [0.29, 0.717) is 6.54 Å². The first-order valence-corrected chi connectivity index (χ1v) is 4.84. The van der Waals surface area contributed by atoms with Crippen molar-refractivity contribution < 1.29 is 14.3 Å². The summed E-state index contributed by atoms with van der Waals surface area (Å²) in [6.07, 6.45) is -0.000523. The zero-order valence-electron chi connectivity index (χ0n) is 8.53. The highest BCUT2D eigenvalue weighted by molar-refractivity contribution is 5.67. The number of nitrogens with one attached hydrogen (secondary N) is 1. The van der Waals surface area contributed by atoms with Crippen LogP contribution < -0.4 is 5.32 Å². The van der Waals surface area contributed by atoms with Crippen molar-refractivity contribution >= 4 is 5.97 Å². The molecule has 0 aliphatic heterocycles. The van der Waals surface area contributed by atoms with Crippen molar-refractivity contribution in [3.63, 3.8) is 0 Å². The standard InChI is InChI=1S/C11H14FNO2/c1-2-13-10(7-11(14)15)8-3-5-9(12)6-4-8/h3-6,10,13H,2,7H2,1H3,(H,14,15)/t10-/m1/s1. The average molecular weight is 211 g/mol. The molecular formula is C11H14FNO2. The van der Waals surface area contributed by atoms with Gasteiger partial charge in [-0.2, -0.15) is 0 Å². The van der Waals surface area contributed by atoms with Gasteiger partial charge in [-0.05, 0) is 24.2 Å². The van der Waals surface area contributed by atoms with E-state index in [0.717, 1.165) is 5.56 Å². The lowest BCUT2D eigenvalue weighted by atomic mass is 10.0. The average Bonchev–Trinajstić information content (AvgIpc) is 2.17. The molecule has 0 unspecified atom stereocenters. The largest absolute Gasteiger partial charge is 0.481 e. The maximum atomic E-state index is 12.7. The molecule has 1 aromatic carbocycles. The zero-order chi connectivity index (χ0) is 11.3. The second-order valence-electron chi connectivity index (χ2n) is 3.26. The van der Waals surface area contributed by atoms with Gasteiger partial charge in [0.15, 0.2) is 0 Å². The third-order valence-corrected chi connectivity index (χ3v) is 2.10. The molecule has 1 rings (SSSR count). The molecule has 0 radical (unpaired) electrons. The maximum absolute atomic E-state index is 12.7. The van der Waals surface area contributed by atoms with Crippen LogP contribution in [0.1, 0.15) is 24.9 Å². The fourth-order valence-corrected chi connectivity index (χ4v) is 1.42. The fourth-order valence-electron chi connectivity index (χ4n) is 1.42. The van der Waals surface area contributed by atoms with Crippen LogP contribution in [0, 0.1) is 5.82 Å². The van der Waals surface area contributed by atoms with E-state index in [-0.39, 0.29) is 18.3 Å². The molecule has 0 aliphatic carbocycles. The first-order chi connectivity index (χ1) is 7.13. The van der Waals surface area contributed by atoms with Gasteiger partial charge in [-0.25, -0.2) is 4.39 Å². The van der Waals surface area contributed by atoms with Gasteiger partial charge in [-0.1, -0.05) is 19.1 Å². The summed E-state index contributed by atoms with van der Waals surface area (Å²) >= 11 is 0. The molecule has 0 heterocycles. The number of rotatable bonds is 5. The molecule has 82 valence electrons. The van der Waals surface area contributed by atoms with E-state index in [1.54, 1.807) is 12.1 Å². The minimum Gasteiger partial charge on any atom is -0.481 e. The van der Waals surface area contributed by atoms with Gasteiger partial charge in [0, 0.05) is 6.04 Å². The van der Waals surface area contributed by atoms with E-state index >= 15 is 0 Å². The lowest BCUT2D eigenvalue weighted by Gasteiger charge is -2.15. The Bertz CT molecular complexity index is 324. The van der Waals surface area contributed by atoms with Crippen molar-refractivity contribution in [2.75, 3.05) is 6.54 Å². The van der Waals surface area contributed by atoms with Crippen molar-refractivity contribution in [3.8, 4) is 0 Å². The van der Waals surface area contributed by atoms with E-state index in [1.807, 2.05) is 6.92 Å². The van der Waals surface area contributed by atoms with Crippen LogP contribution in [-0.2, 0) is 4.79 Å². The van der Waals surface area contributed by atoms with Gasteiger partial charge in [0.25, 0.3) is 0 Å². The Morgan fingerprint density at radius 1 is 1.47 bits per heavy atom. The predicted octanol–water partition coefficient (Wildman–Crippen LogP) is 1.95. The molecule has 0 saturated heterocycles. The van der Waals surface area contributed by atoms with E-state index in [9.17, 15) is 9.18 Å². The van der Waals surface area contributed by atoms with Crippen LogP contribution in [0.25, 0.3) is 0 Å². The van der Waals surface area contributed by atoms with Crippen LogP contribution in [0.5, 0.6) is 0 Å². The number of carboxylic acids is 1. The third-order valence-electron chi connectivity index (χ3n) is 2.10. The van der Waals surface area contributed by atoms with Crippen molar-refractivity contribution in [1.82, 2.24) is 5.32 Å². The van der Waals surface area contributed by atoms with E-state index in [1.165, 1.54) is 12.1 Å². The number of carboxylic acid groups (broad SMARTS) is 1. The van der Waals surface area contributed by atoms with Gasteiger partial charge in [0.2, 0.25) is 0 Å². The molecule has 4 heteroatoms. The summed E-state index contributed by atoms with van der Waals surface area (Å²) in [6.45, 7) is 2.58. The molecule has 3 nitrogen and oxygen atoms in total. The van der Waals surface area contributed by atoms with Gasteiger partial charge >= 0.3 is 5.97 Å². The molecule has 0 aliphatic rings. The molecule has 15 heavy (non-hydrogen) atoms. The Morgan fingerprint density at radius 3 is 2.53 bits per heavy atom. The molecule has 0 aromatic heterocycles. The Kier molecular flexibility index (Phi) is 4.24. The predicted molar refractivity (Wildman–Crippen MR) is 55.1 cm³/mol. The molecular weight excluding hydrogens is 197 g/mol. The quantitative estimate of drug-likeness (QED) is 0.782. The molecule has 0 amide bonds. The Hall–Kier alpha value is -1.42. The van der Waals surface area contributed by atoms with Crippen LogP contribution in [0.4, 0.5) is 4.39 Å². The summed E-state index contributed by atoms with van der Waals surface area (Å²) < 4.78 is 12.7. The highest BCUT2D eigenvalue weighted by atomic mass is 19.1. The van der Waals surface area contributed by atoms with Crippen LogP contribution in [-0.4, -0.2) is 17.6 Å². The van der Waals surface area contributed by atoms with Crippen LogP contribution in [0.15, 0.2) is 24.3 Å². The van der Waals surface area contributed by atoms with Gasteiger partial charge < -0.3 is 10.4 Å². The van der Waals surface area contributed by atoms with Crippen molar-refractivity contribution in [2.24, 2.45) is 0 Å². The Balaban J connectivity index is 2.78. The smallest absolute Gasteiger partial charge is 0.305 e. The van der Waals surface area contributed by atoms with Crippen LogP contribution in [0.3, 0.4) is 0 Å². The maximum Gasteiger partial charge on any atom is 0.305 e. The number of aliphatic carboxylic acids is 1. The van der Waals surface area contributed by atoms with Crippen molar-refractivity contribution in [1.29, 1.82) is 0 Å². The summed E-state index contributed by atoms with van der Waals surface area (Å²) in [6, 6.07) is 5.62. The first kappa shape index (κ1) is 11.7. The number of halogens is 1. The summed E-state index contributed by atoms with van der Waals surface area (Å²) in [5, 5.41) is 11.8. The SMILES string of the molecule is CCN[C@H](CC(=O)O)c1ccc(F)cc1. The Morgan fingerprint density at radius 2 is 2.07 bits per heavy atom. The van der Waals surface area contributed by atoms with Crippen molar-refractivity contribution in [2.45, 2.75) is 19.4 Å². The summed E-state index contributed by atoms with van der Waals surface area (Å²) in [5.74, 6) is -1.19. The molecule has 2 N–H and O–H groups in total. The summed E-state index contributed by atoms with van der Waals surface area (Å²) in [4.78, 5) is 10.6. The molecule has 0 fully saturated rings. The molecule has 0 bridgehead atoms. The fraction of sp³-hybridized carbons (Fsp3) is 0.364. The highest BCUT2D eigenvalue weighted by Crippen LogP contribution is 2.16. The normalized spacial score (nSPS) is 12.4. The second-order valence-corrected chi connectivity index (χ2v) is 3.26. The molecule has 1 aromatic rings. The summed E-state index contributed by atoms with van der Waals surface area (Å²) in [5.41, 5.74) is 0.792. The highest BCUT2D eigenvalue weighted by Gasteiger charge is 2.13. The van der Waals surface area contributed by atoms with Gasteiger partial charge in [-0.3, -0.25) is 4.79 Å². The van der Waals surface area contributed by atoms with Crippen molar-refractivity contribution in [3.05, 3.63) is 35.6 Å². The summed E-state index contributed by atoms with van der Waals surface area (Å²) in [7, 11) is 0. The van der Waals surface area contributed by atoms with Crippen LogP contribution in [0.2, 0.25) is 0 Å². The minimum atomic E-state index is -0.870. The number of hydrogen-bond acceptors (Lipinski definition) is 2. The van der Waals surface area contributed by atoms with Crippen LogP contribution >= 0.6 is 0 Å². The lowest BCUT2D eigenvalue weighted by molar-refractivity contribution is -0.137. The van der Waals surface area contributed by atoms with Gasteiger partial charge in [-0.15, -0.1) is 0 Å². The third kappa shape index (κ3) is 3.67. The monoisotopic (exact) mass is 211 g/mol. The number of carbonyl (C=O) groups is 1. The number of hydrogen-bond donors (Lipinski definition) is 2. The second kappa shape index (κ2) is 5.46. The molecule has 0 saturated carbocycles. The van der Waals surface area contributed by atoms with E-state index in [2.05, 4.69) is 5.32 Å². The minimum absolute atomic E-state index is 0.000523. The zero-order valence-corrected chi connectivity index (χ0v) is 8.53. The Labute approximate surface area is 87.9 Å². The molecule has 0 spiro atoms. The first-order valence-electron chi connectivity index (χ1n) is 4.84. The van der Waals surface area contributed by atoms with Gasteiger partial charge in [0.05, 0.1) is 6.42 Å². The van der Waals surface area contributed by atoms with Gasteiger partial charge in [0.1, 0.15) is 5.82 Å². The van der Waals surface area contributed by atoms with E-state index in [4.69, 9.17) is 5.11 Å². The lowest BCUT2D eigenvalue weighted by Crippen LogP contribution is -2.23. The number of benzene rings is 1.